The fourth-order valence-corrected chi connectivity index (χ4v) is 8.59. The molecule has 10 aromatic carbocycles. The molecule has 0 aliphatic carbocycles. The molecule has 58 heavy (non-hydrogen) atoms. The van der Waals surface area contributed by atoms with Gasteiger partial charge in [-0.1, -0.05) is 182 Å². The van der Waals surface area contributed by atoms with E-state index < -0.39 is 0 Å². The minimum absolute atomic E-state index is 0.907. The van der Waals surface area contributed by atoms with Crippen LogP contribution in [0.4, 0.5) is 17.1 Å². The van der Waals surface area contributed by atoms with E-state index in [4.69, 9.17) is 4.42 Å². The molecule has 272 valence electrons. The van der Waals surface area contributed by atoms with Gasteiger partial charge in [0.1, 0.15) is 11.2 Å². The molecule has 0 atom stereocenters. The van der Waals surface area contributed by atoms with Gasteiger partial charge in [0.15, 0.2) is 0 Å². The highest BCUT2D eigenvalue weighted by Crippen LogP contribution is 2.44. The second-order valence-corrected chi connectivity index (χ2v) is 14.9. The number of hydrogen-bond acceptors (Lipinski definition) is 2. The van der Waals surface area contributed by atoms with E-state index in [9.17, 15) is 0 Å². The van der Waals surface area contributed by atoms with E-state index in [1.807, 2.05) is 0 Å². The maximum absolute atomic E-state index is 6.63. The topological polar surface area (TPSA) is 16.4 Å². The molecule has 0 fully saturated rings. The molecular weight excluding hydrogens is 703 g/mol. The Morgan fingerprint density at radius 2 is 0.845 bits per heavy atom. The molecule has 0 amide bonds. The highest BCUT2D eigenvalue weighted by atomic mass is 16.3. The van der Waals surface area contributed by atoms with Gasteiger partial charge in [-0.05, 0) is 97.6 Å². The maximum atomic E-state index is 6.63. The van der Waals surface area contributed by atoms with Crippen molar-refractivity contribution in [3.05, 3.63) is 224 Å². The first-order valence-electron chi connectivity index (χ1n) is 19.8. The van der Waals surface area contributed by atoms with Gasteiger partial charge in [0.25, 0.3) is 0 Å². The van der Waals surface area contributed by atoms with E-state index in [1.165, 1.54) is 54.9 Å². The van der Waals surface area contributed by atoms with Gasteiger partial charge in [-0.2, -0.15) is 0 Å². The van der Waals surface area contributed by atoms with Crippen LogP contribution < -0.4 is 4.90 Å². The molecule has 1 aromatic heterocycles. The second-order valence-electron chi connectivity index (χ2n) is 14.9. The molecule has 0 saturated carbocycles. The molecule has 0 spiro atoms. The van der Waals surface area contributed by atoms with E-state index in [0.717, 1.165) is 50.1 Å². The van der Waals surface area contributed by atoms with E-state index in [-0.39, 0.29) is 0 Å². The molecule has 0 unspecified atom stereocenters. The van der Waals surface area contributed by atoms with E-state index >= 15 is 0 Å². The van der Waals surface area contributed by atoms with Crippen LogP contribution in [0.2, 0.25) is 0 Å². The number of furan rings is 1. The van der Waals surface area contributed by atoms with Gasteiger partial charge in [0.05, 0.1) is 5.69 Å². The number of nitrogens with zero attached hydrogens (tertiary/aromatic N) is 1. The molecule has 0 aliphatic heterocycles. The summed E-state index contributed by atoms with van der Waals surface area (Å²) in [7, 11) is 0. The maximum Gasteiger partial charge on any atom is 0.143 e. The van der Waals surface area contributed by atoms with Crippen LogP contribution in [0.25, 0.3) is 88.0 Å². The Kier molecular flexibility index (Phi) is 8.19. The minimum atomic E-state index is 0.907. The largest absolute Gasteiger partial charge is 0.455 e. The summed E-state index contributed by atoms with van der Waals surface area (Å²) in [5.41, 5.74) is 14.5. The summed E-state index contributed by atoms with van der Waals surface area (Å²) in [5, 5.41) is 7.05. The molecular formula is C56H37NO. The van der Waals surface area contributed by atoms with Gasteiger partial charge < -0.3 is 9.32 Å². The fourth-order valence-electron chi connectivity index (χ4n) is 8.59. The van der Waals surface area contributed by atoms with Crippen molar-refractivity contribution >= 4 is 60.5 Å². The SMILES string of the molecule is c1ccc(-c2ccc(-c3ccc(N(c4ccc(-c5cccc6c5oc5cc7ccccc7cc56)cc4)c4cccc(-c5ccccc5)c4)c4ccccc34)cc2)cc1. The van der Waals surface area contributed by atoms with Crippen LogP contribution in [0.1, 0.15) is 0 Å². The zero-order valence-corrected chi connectivity index (χ0v) is 31.7. The first kappa shape index (κ1) is 33.6. The van der Waals surface area contributed by atoms with Crippen LogP contribution in [-0.2, 0) is 0 Å². The molecule has 0 N–H and O–H groups in total. The van der Waals surface area contributed by atoms with E-state index in [1.54, 1.807) is 0 Å². The molecule has 11 aromatic rings. The van der Waals surface area contributed by atoms with Gasteiger partial charge in [-0.15, -0.1) is 0 Å². The highest BCUT2D eigenvalue weighted by Gasteiger charge is 2.19. The van der Waals surface area contributed by atoms with Crippen LogP contribution in [0.5, 0.6) is 0 Å². The van der Waals surface area contributed by atoms with Gasteiger partial charge in [0.2, 0.25) is 0 Å². The Labute approximate surface area is 337 Å². The number of anilines is 3. The Morgan fingerprint density at radius 3 is 1.60 bits per heavy atom. The molecule has 11 rings (SSSR count). The van der Waals surface area contributed by atoms with Crippen molar-refractivity contribution in [1.82, 2.24) is 0 Å². The average Bonchev–Trinajstić information content (AvgIpc) is 3.67. The van der Waals surface area contributed by atoms with Gasteiger partial charge >= 0.3 is 0 Å². The summed E-state index contributed by atoms with van der Waals surface area (Å²) >= 11 is 0. The lowest BCUT2D eigenvalue weighted by molar-refractivity contribution is 0.670. The number of para-hydroxylation sites is 1. The average molecular weight is 740 g/mol. The Morgan fingerprint density at radius 1 is 0.293 bits per heavy atom. The summed E-state index contributed by atoms with van der Waals surface area (Å²) in [5.74, 6) is 0. The lowest BCUT2D eigenvalue weighted by Crippen LogP contribution is -2.10. The van der Waals surface area contributed by atoms with Gasteiger partial charge in [0, 0.05) is 33.1 Å². The lowest BCUT2D eigenvalue weighted by Gasteiger charge is -2.28. The van der Waals surface area contributed by atoms with Crippen molar-refractivity contribution in [3.63, 3.8) is 0 Å². The normalized spacial score (nSPS) is 11.4. The monoisotopic (exact) mass is 739 g/mol. The predicted molar refractivity (Wildman–Crippen MR) is 245 cm³/mol. The fraction of sp³-hybridized carbons (Fsp3) is 0. The molecule has 2 nitrogen and oxygen atoms in total. The number of benzene rings is 10. The summed E-state index contributed by atoms with van der Waals surface area (Å²) in [6.45, 7) is 0. The third-order valence-electron chi connectivity index (χ3n) is 11.5. The van der Waals surface area contributed by atoms with Crippen LogP contribution in [0, 0.1) is 0 Å². The van der Waals surface area contributed by atoms with Gasteiger partial charge in [-0.25, -0.2) is 0 Å². The smallest absolute Gasteiger partial charge is 0.143 e. The van der Waals surface area contributed by atoms with Crippen molar-refractivity contribution in [2.75, 3.05) is 4.90 Å². The molecule has 0 radical (unpaired) electrons. The van der Waals surface area contributed by atoms with Gasteiger partial charge in [-0.3, -0.25) is 0 Å². The molecule has 0 bridgehead atoms. The quantitative estimate of drug-likeness (QED) is 0.162. The number of rotatable bonds is 7. The molecule has 1 heterocycles. The third-order valence-corrected chi connectivity index (χ3v) is 11.5. The van der Waals surface area contributed by atoms with Crippen LogP contribution in [0.3, 0.4) is 0 Å². The summed E-state index contributed by atoms with van der Waals surface area (Å²) in [6.07, 6.45) is 0. The first-order chi connectivity index (χ1) is 28.7. The Hall–Kier alpha value is -7.68. The highest BCUT2D eigenvalue weighted by molar-refractivity contribution is 6.13. The summed E-state index contributed by atoms with van der Waals surface area (Å²) in [6, 6.07) is 80.6. The van der Waals surface area contributed by atoms with Crippen molar-refractivity contribution in [2.45, 2.75) is 0 Å². The zero-order chi connectivity index (χ0) is 38.4. The molecule has 0 aliphatic rings. The molecule has 0 saturated heterocycles. The van der Waals surface area contributed by atoms with E-state index in [0.29, 0.717) is 0 Å². The number of hydrogen-bond donors (Lipinski definition) is 0. The predicted octanol–water partition coefficient (Wildman–Crippen LogP) is 16.0. The number of fused-ring (bicyclic) bond motifs is 5. The van der Waals surface area contributed by atoms with Crippen LogP contribution >= 0.6 is 0 Å². The van der Waals surface area contributed by atoms with Crippen LogP contribution in [-0.4, -0.2) is 0 Å². The Bertz CT molecular complexity index is 3250. The van der Waals surface area contributed by atoms with Crippen LogP contribution in [0.15, 0.2) is 229 Å². The standard InChI is InChI=1S/C56H37NO/c1-3-13-38(14-4-1)40-25-27-41(28-26-40)48-33-34-54(51-22-10-9-21-50(48)51)57(47-20-11-19-43(35-47)39-15-5-2-6-16-39)46-31-29-42(30-32-46)49-23-12-24-52-53-36-44-17-7-8-18-45(44)37-55(53)58-56(49)52/h1-37H. The van der Waals surface area contributed by atoms with Crippen molar-refractivity contribution in [3.8, 4) is 44.5 Å². The first-order valence-corrected chi connectivity index (χ1v) is 19.8. The van der Waals surface area contributed by atoms with Crippen molar-refractivity contribution in [2.24, 2.45) is 0 Å². The third kappa shape index (κ3) is 5.91. The van der Waals surface area contributed by atoms with Crippen molar-refractivity contribution < 1.29 is 4.42 Å². The Balaban J connectivity index is 1.04. The summed E-state index contributed by atoms with van der Waals surface area (Å²) < 4.78 is 6.63. The van der Waals surface area contributed by atoms with E-state index in [2.05, 4.69) is 229 Å². The molecule has 2 heteroatoms. The minimum Gasteiger partial charge on any atom is -0.455 e. The van der Waals surface area contributed by atoms with Crippen molar-refractivity contribution in [1.29, 1.82) is 0 Å². The zero-order valence-electron chi connectivity index (χ0n) is 31.7. The lowest BCUT2D eigenvalue weighted by atomic mass is 9.94. The summed E-state index contributed by atoms with van der Waals surface area (Å²) in [4.78, 5) is 2.40. The second kappa shape index (κ2) is 14.1.